The highest BCUT2D eigenvalue weighted by atomic mass is 16.3. The summed E-state index contributed by atoms with van der Waals surface area (Å²) >= 11 is 0. The molecule has 0 heterocycles. The second-order valence-electron chi connectivity index (χ2n) is 4.18. The van der Waals surface area contributed by atoms with Crippen molar-refractivity contribution in [2.75, 3.05) is 13.6 Å². The standard InChI is InChI=1S/C11H23NO2/c1-5-9(2)8-12(4)11(14)7-6-10(3)13/h9-10,13H,5-8H2,1-4H3. The Morgan fingerprint density at radius 2 is 2.00 bits per heavy atom. The Hall–Kier alpha value is -0.570. The third-order valence-electron chi connectivity index (χ3n) is 2.48. The van der Waals surface area contributed by atoms with Crippen LogP contribution in [-0.2, 0) is 4.79 Å². The van der Waals surface area contributed by atoms with E-state index in [1.165, 1.54) is 0 Å². The van der Waals surface area contributed by atoms with Gasteiger partial charge in [-0.15, -0.1) is 0 Å². The van der Waals surface area contributed by atoms with Crippen molar-refractivity contribution >= 4 is 5.91 Å². The molecule has 0 aromatic rings. The second-order valence-corrected chi connectivity index (χ2v) is 4.18. The molecule has 0 radical (unpaired) electrons. The monoisotopic (exact) mass is 201 g/mol. The number of carbonyl (C=O) groups is 1. The maximum absolute atomic E-state index is 11.5. The van der Waals surface area contributed by atoms with Crippen LogP contribution in [0.3, 0.4) is 0 Å². The van der Waals surface area contributed by atoms with Crippen molar-refractivity contribution in [2.24, 2.45) is 5.92 Å². The first kappa shape index (κ1) is 13.4. The normalized spacial score (nSPS) is 14.9. The van der Waals surface area contributed by atoms with E-state index in [-0.39, 0.29) is 12.0 Å². The van der Waals surface area contributed by atoms with Crippen LogP contribution in [0.2, 0.25) is 0 Å². The van der Waals surface area contributed by atoms with Gasteiger partial charge in [-0.05, 0) is 19.3 Å². The Labute approximate surface area is 87.1 Å². The maximum Gasteiger partial charge on any atom is 0.222 e. The number of aliphatic hydroxyl groups is 1. The number of aliphatic hydroxyl groups excluding tert-OH is 1. The lowest BCUT2D eigenvalue weighted by molar-refractivity contribution is -0.131. The van der Waals surface area contributed by atoms with Gasteiger partial charge in [-0.2, -0.15) is 0 Å². The molecule has 84 valence electrons. The molecule has 2 unspecified atom stereocenters. The van der Waals surface area contributed by atoms with Gasteiger partial charge < -0.3 is 10.0 Å². The van der Waals surface area contributed by atoms with Crippen molar-refractivity contribution in [3.63, 3.8) is 0 Å². The van der Waals surface area contributed by atoms with E-state index >= 15 is 0 Å². The Kier molecular flexibility index (Phi) is 6.54. The van der Waals surface area contributed by atoms with E-state index in [9.17, 15) is 4.79 Å². The molecule has 3 nitrogen and oxygen atoms in total. The molecule has 0 fully saturated rings. The molecule has 0 bridgehead atoms. The topological polar surface area (TPSA) is 40.5 Å². The van der Waals surface area contributed by atoms with Crippen molar-refractivity contribution in [1.29, 1.82) is 0 Å². The number of hydrogen-bond acceptors (Lipinski definition) is 2. The van der Waals surface area contributed by atoms with E-state index in [2.05, 4.69) is 13.8 Å². The molecular formula is C11H23NO2. The summed E-state index contributed by atoms with van der Waals surface area (Å²) < 4.78 is 0. The minimum Gasteiger partial charge on any atom is -0.393 e. The smallest absolute Gasteiger partial charge is 0.222 e. The summed E-state index contributed by atoms with van der Waals surface area (Å²) in [6.45, 7) is 6.79. The molecule has 0 spiro atoms. The fourth-order valence-electron chi connectivity index (χ4n) is 1.22. The molecule has 0 aromatic heterocycles. The fraction of sp³-hybridized carbons (Fsp3) is 0.909. The Balaban J connectivity index is 3.76. The average Bonchev–Trinajstić information content (AvgIpc) is 2.13. The number of hydrogen-bond donors (Lipinski definition) is 1. The van der Waals surface area contributed by atoms with Crippen molar-refractivity contribution in [3.05, 3.63) is 0 Å². The summed E-state index contributed by atoms with van der Waals surface area (Å²) in [6.07, 6.45) is 1.72. The lowest BCUT2D eigenvalue weighted by atomic mass is 10.1. The molecule has 0 aliphatic rings. The fourth-order valence-corrected chi connectivity index (χ4v) is 1.22. The third kappa shape index (κ3) is 5.97. The first-order valence-corrected chi connectivity index (χ1v) is 5.39. The zero-order valence-electron chi connectivity index (χ0n) is 9.79. The molecule has 2 atom stereocenters. The van der Waals surface area contributed by atoms with Gasteiger partial charge in [0, 0.05) is 20.0 Å². The van der Waals surface area contributed by atoms with Crippen LogP contribution >= 0.6 is 0 Å². The number of rotatable bonds is 6. The van der Waals surface area contributed by atoms with Crippen LogP contribution in [0.1, 0.15) is 40.0 Å². The van der Waals surface area contributed by atoms with Crippen molar-refractivity contribution in [2.45, 2.75) is 46.1 Å². The predicted molar refractivity (Wildman–Crippen MR) is 58.0 cm³/mol. The van der Waals surface area contributed by atoms with Gasteiger partial charge in [0.05, 0.1) is 6.10 Å². The Bertz CT molecular complexity index is 169. The molecule has 0 rings (SSSR count). The summed E-state index contributed by atoms with van der Waals surface area (Å²) in [5, 5.41) is 9.04. The van der Waals surface area contributed by atoms with Crippen LogP contribution in [0.15, 0.2) is 0 Å². The summed E-state index contributed by atoms with van der Waals surface area (Å²) in [5.74, 6) is 0.682. The quantitative estimate of drug-likeness (QED) is 0.710. The largest absolute Gasteiger partial charge is 0.393 e. The van der Waals surface area contributed by atoms with Crippen LogP contribution in [-0.4, -0.2) is 35.6 Å². The zero-order valence-corrected chi connectivity index (χ0v) is 9.79. The minimum atomic E-state index is -0.379. The number of nitrogens with zero attached hydrogens (tertiary/aromatic N) is 1. The molecule has 14 heavy (non-hydrogen) atoms. The van der Waals surface area contributed by atoms with Crippen LogP contribution in [0.4, 0.5) is 0 Å². The SMILES string of the molecule is CCC(C)CN(C)C(=O)CCC(C)O. The summed E-state index contributed by atoms with van der Waals surface area (Å²) in [7, 11) is 1.83. The second kappa shape index (κ2) is 6.82. The van der Waals surface area contributed by atoms with E-state index < -0.39 is 0 Å². The van der Waals surface area contributed by atoms with Crippen LogP contribution in [0, 0.1) is 5.92 Å². The molecule has 1 amide bonds. The number of amides is 1. The molecule has 3 heteroatoms. The lowest BCUT2D eigenvalue weighted by Crippen LogP contribution is -2.31. The van der Waals surface area contributed by atoms with E-state index in [0.717, 1.165) is 13.0 Å². The highest BCUT2D eigenvalue weighted by molar-refractivity contribution is 5.75. The summed E-state index contributed by atoms with van der Waals surface area (Å²) in [6, 6.07) is 0. The van der Waals surface area contributed by atoms with Gasteiger partial charge in [-0.3, -0.25) is 4.79 Å². The zero-order chi connectivity index (χ0) is 11.1. The Morgan fingerprint density at radius 3 is 2.43 bits per heavy atom. The van der Waals surface area contributed by atoms with E-state index in [1.807, 2.05) is 7.05 Å². The molecule has 0 saturated heterocycles. The highest BCUT2D eigenvalue weighted by Crippen LogP contribution is 2.05. The molecule has 0 aromatic carbocycles. The summed E-state index contributed by atoms with van der Waals surface area (Å²) in [4.78, 5) is 13.3. The van der Waals surface area contributed by atoms with Crippen LogP contribution in [0.25, 0.3) is 0 Å². The Morgan fingerprint density at radius 1 is 1.43 bits per heavy atom. The van der Waals surface area contributed by atoms with Gasteiger partial charge in [0.25, 0.3) is 0 Å². The molecule has 1 N–H and O–H groups in total. The third-order valence-corrected chi connectivity index (χ3v) is 2.48. The lowest BCUT2D eigenvalue weighted by Gasteiger charge is -2.21. The maximum atomic E-state index is 11.5. The molecule has 0 aliphatic carbocycles. The van der Waals surface area contributed by atoms with Gasteiger partial charge in [0.2, 0.25) is 5.91 Å². The minimum absolute atomic E-state index is 0.131. The van der Waals surface area contributed by atoms with Crippen molar-refractivity contribution in [1.82, 2.24) is 4.90 Å². The van der Waals surface area contributed by atoms with Gasteiger partial charge in [0.15, 0.2) is 0 Å². The summed E-state index contributed by atoms with van der Waals surface area (Å²) in [5.41, 5.74) is 0. The van der Waals surface area contributed by atoms with Crippen LogP contribution in [0.5, 0.6) is 0 Å². The van der Waals surface area contributed by atoms with Gasteiger partial charge >= 0.3 is 0 Å². The first-order valence-electron chi connectivity index (χ1n) is 5.39. The van der Waals surface area contributed by atoms with Crippen molar-refractivity contribution < 1.29 is 9.90 Å². The highest BCUT2D eigenvalue weighted by Gasteiger charge is 2.11. The number of carbonyl (C=O) groups excluding carboxylic acids is 1. The van der Waals surface area contributed by atoms with Gasteiger partial charge in [-0.25, -0.2) is 0 Å². The van der Waals surface area contributed by atoms with Gasteiger partial charge in [-0.1, -0.05) is 20.3 Å². The van der Waals surface area contributed by atoms with Gasteiger partial charge in [0.1, 0.15) is 0 Å². The molecule has 0 saturated carbocycles. The van der Waals surface area contributed by atoms with Crippen LogP contribution < -0.4 is 0 Å². The first-order chi connectivity index (χ1) is 6.47. The average molecular weight is 201 g/mol. The molecule has 0 aliphatic heterocycles. The van der Waals surface area contributed by atoms with E-state index in [4.69, 9.17) is 5.11 Å². The van der Waals surface area contributed by atoms with E-state index in [1.54, 1.807) is 11.8 Å². The predicted octanol–water partition coefficient (Wildman–Crippen LogP) is 1.65. The molecular weight excluding hydrogens is 178 g/mol. The van der Waals surface area contributed by atoms with Crippen molar-refractivity contribution in [3.8, 4) is 0 Å². The van der Waals surface area contributed by atoms with E-state index in [0.29, 0.717) is 18.8 Å².